The number of pyridine rings is 1. The number of hydrogen-bond donors (Lipinski definition) is 0. The predicted molar refractivity (Wildman–Crippen MR) is 88.0 cm³/mol. The fraction of sp³-hybridized carbons (Fsp3) is 0.562. The third-order valence-electron chi connectivity index (χ3n) is 4.04. The highest BCUT2D eigenvalue weighted by Gasteiger charge is 2.31. The number of nitrogens with zero attached hydrogens (tertiary/aromatic N) is 3. The smallest absolute Gasteiger partial charge is 0.349 e. The number of likely N-dealkylation sites (tertiary alicyclic amines) is 1. The van der Waals surface area contributed by atoms with E-state index in [1.54, 1.807) is 23.9 Å². The van der Waals surface area contributed by atoms with Crippen molar-refractivity contribution in [2.75, 3.05) is 32.9 Å². The number of piperidine rings is 1. The molecular weight excluding hydrogens is 355 g/mol. The van der Waals surface area contributed by atoms with Crippen molar-refractivity contribution < 1.29 is 22.8 Å². The molecule has 0 bridgehead atoms. The van der Waals surface area contributed by atoms with Crippen molar-refractivity contribution in [3.63, 3.8) is 0 Å². The molecule has 0 radical (unpaired) electrons. The van der Waals surface area contributed by atoms with Crippen LogP contribution in [0.5, 0.6) is 0 Å². The van der Waals surface area contributed by atoms with Crippen LogP contribution >= 0.6 is 11.8 Å². The monoisotopic (exact) mass is 375 g/mol. The van der Waals surface area contributed by atoms with Crippen molar-refractivity contribution in [1.29, 1.82) is 0 Å². The van der Waals surface area contributed by atoms with Crippen LogP contribution in [0.4, 0.5) is 13.2 Å². The average molecular weight is 375 g/mol. The molecule has 2 heterocycles. The molecule has 0 saturated carbocycles. The summed E-state index contributed by atoms with van der Waals surface area (Å²) >= 11 is 1.11. The maximum atomic E-state index is 12.5. The Labute approximate surface area is 148 Å². The van der Waals surface area contributed by atoms with Crippen LogP contribution in [-0.2, 0) is 15.8 Å². The average Bonchev–Trinajstić information content (AvgIpc) is 2.58. The van der Waals surface area contributed by atoms with Gasteiger partial charge >= 0.3 is 6.18 Å². The molecule has 5 nitrogen and oxygen atoms in total. The summed E-state index contributed by atoms with van der Waals surface area (Å²) in [6.07, 6.45) is -2.39. The summed E-state index contributed by atoms with van der Waals surface area (Å²) in [5.41, 5.74) is -0.809. The molecule has 0 unspecified atom stereocenters. The van der Waals surface area contributed by atoms with Crippen LogP contribution in [0.3, 0.4) is 0 Å². The van der Waals surface area contributed by atoms with Gasteiger partial charge in [0.25, 0.3) is 0 Å². The Morgan fingerprint density at radius 2 is 1.92 bits per heavy atom. The molecule has 138 valence electrons. The minimum atomic E-state index is -4.42. The summed E-state index contributed by atoms with van der Waals surface area (Å²) in [4.78, 5) is 31.1. The SMILES string of the molecule is CN(C)C(=O)C1CCN(C(=O)CSc2ccc(C(F)(F)F)cn2)CC1. The van der Waals surface area contributed by atoms with Gasteiger partial charge in [0.15, 0.2) is 0 Å². The van der Waals surface area contributed by atoms with E-state index in [1.807, 2.05) is 0 Å². The van der Waals surface area contributed by atoms with Crippen LogP contribution < -0.4 is 0 Å². The molecule has 0 aliphatic carbocycles. The Morgan fingerprint density at radius 3 is 2.40 bits per heavy atom. The van der Waals surface area contributed by atoms with Gasteiger partial charge in [-0.1, -0.05) is 11.8 Å². The van der Waals surface area contributed by atoms with Crippen molar-refractivity contribution in [2.45, 2.75) is 24.0 Å². The standard InChI is InChI=1S/C16H20F3N3O2S/c1-21(2)15(24)11-5-7-22(8-6-11)14(23)10-25-13-4-3-12(9-20-13)16(17,18)19/h3-4,9,11H,5-8,10H2,1-2H3. The van der Waals surface area contributed by atoms with Gasteiger partial charge in [0, 0.05) is 39.3 Å². The number of aromatic nitrogens is 1. The zero-order valence-corrected chi connectivity index (χ0v) is 14.9. The molecule has 2 amide bonds. The first-order valence-electron chi connectivity index (χ1n) is 7.83. The van der Waals surface area contributed by atoms with Gasteiger partial charge in [-0.25, -0.2) is 4.98 Å². The molecular formula is C16H20F3N3O2S. The zero-order valence-electron chi connectivity index (χ0n) is 14.0. The summed E-state index contributed by atoms with van der Waals surface area (Å²) in [6, 6.07) is 2.22. The number of thioether (sulfide) groups is 1. The van der Waals surface area contributed by atoms with E-state index in [0.717, 1.165) is 24.0 Å². The lowest BCUT2D eigenvalue weighted by molar-refractivity contribution is -0.138. The molecule has 1 aromatic rings. The second-order valence-corrected chi connectivity index (χ2v) is 7.05. The number of halogens is 3. The van der Waals surface area contributed by atoms with Crippen LogP contribution in [0.15, 0.2) is 23.4 Å². The van der Waals surface area contributed by atoms with Crippen LogP contribution in [0.2, 0.25) is 0 Å². The van der Waals surface area contributed by atoms with E-state index < -0.39 is 11.7 Å². The van der Waals surface area contributed by atoms with E-state index >= 15 is 0 Å². The Bertz CT molecular complexity index is 612. The van der Waals surface area contributed by atoms with E-state index in [2.05, 4.69) is 4.98 Å². The number of alkyl halides is 3. The topological polar surface area (TPSA) is 53.5 Å². The molecule has 1 fully saturated rings. The van der Waals surface area contributed by atoms with Gasteiger partial charge in [-0.3, -0.25) is 9.59 Å². The van der Waals surface area contributed by atoms with Crippen molar-refractivity contribution in [3.05, 3.63) is 23.9 Å². The number of amides is 2. The molecule has 2 rings (SSSR count). The largest absolute Gasteiger partial charge is 0.417 e. The highest BCUT2D eigenvalue weighted by atomic mass is 32.2. The van der Waals surface area contributed by atoms with Crippen LogP contribution in [0.25, 0.3) is 0 Å². The van der Waals surface area contributed by atoms with Crippen molar-refractivity contribution in [2.24, 2.45) is 5.92 Å². The molecule has 1 aliphatic rings. The summed E-state index contributed by atoms with van der Waals surface area (Å²) in [5, 5.41) is 0.374. The Hall–Kier alpha value is -1.77. The van der Waals surface area contributed by atoms with Crippen LogP contribution in [-0.4, -0.2) is 59.5 Å². The van der Waals surface area contributed by atoms with Gasteiger partial charge in [0.1, 0.15) is 0 Å². The Morgan fingerprint density at radius 1 is 1.28 bits per heavy atom. The lowest BCUT2D eigenvalue weighted by Crippen LogP contribution is -2.43. The molecule has 0 aromatic carbocycles. The van der Waals surface area contributed by atoms with Gasteiger partial charge in [0.2, 0.25) is 11.8 Å². The molecule has 9 heteroatoms. The molecule has 1 saturated heterocycles. The number of carbonyl (C=O) groups is 2. The van der Waals surface area contributed by atoms with Crippen molar-refractivity contribution >= 4 is 23.6 Å². The van der Waals surface area contributed by atoms with E-state index in [-0.39, 0.29) is 23.5 Å². The minimum Gasteiger partial charge on any atom is -0.349 e. The molecule has 0 spiro atoms. The maximum absolute atomic E-state index is 12.5. The second kappa shape index (κ2) is 8.07. The lowest BCUT2D eigenvalue weighted by Gasteiger charge is -2.32. The number of rotatable bonds is 4. The van der Waals surface area contributed by atoms with E-state index in [4.69, 9.17) is 0 Å². The Kier molecular flexibility index (Phi) is 6.31. The third-order valence-corrected chi connectivity index (χ3v) is 4.97. The predicted octanol–water partition coefficient (Wildman–Crippen LogP) is 2.52. The van der Waals surface area contributed by atoms with Crippen molar-refractivity contribution in [1.82, 2.24) is 14.8 Å². The van der Waals surface area contributed by atoms with Crippen molar-refractivity contribution in [3.8, 4) is 0 Å². The summed E-state index contributed by atoms with van der Waals surface area (Å²) in [6.45, 7) is 1.04. The number of hydrogen-bond acceptors (Lipinski definition) is 4. The molecule has 0 atom stereocenters. The van der Waals surface area contributed by atoms with Gasteiger partial charge in [-0.2, -0.15) is 13.2 Å². The van der Waals surface area contributed by atoms with Gasteiger partial charge < -0.3 is 9.80 Å². The first-order valence-corrected chi connectivity index (χ1v) is 8.82. The maximum Gasteiger partial charge on any atom is 0.417 e. The van der Waals surface area contributed by atoms with Gasteiger partial charge in [-0.05, 0) is 25.0 Å². The summed E-state index contributed by atoms with van der Waals surface area (Å²) in [5.74, 6) is 0.0474. The summed E-state index contributed by atoms with van der Waals surface area (Å²) in [7, 11) is 3.43. The van der Waals surface area contributed by atoms with E-state index in [0.29, 0.717) is 31.0 Å². The quantitative estimate of drug-likeness (QED) is 0.759. The first-order chi connectivity index (χ1) is 11.7. The van der Waals surface area contributed by atoms with Crippen LogP contribution in [0, 0.1) is 5.92 Å². The zero-order chi connectivity index (χ0) is 18.6. The normalized spacial score (nSPS) is 16.0. The van der Waals surface area contributed by atoms with Gasteiger partial charge in [0.05, 0.1) is 16.3 Å². The Balaban J connectivity index is 1.80. The number of carbonyl (C=O) groups excluding carboxylic acids is 2. The summed E-state index contributed by atoms with van der Waals surface area (Å²) < 4.78 is 37.4. The van der Waals surface area contributed by atoms with E-state index in [1.165, 1.54) is 6.07 Å². The minimum absolute atomic E-state index is 0.0525. The molecule has 1 aromatic heterocycles. The third kappa shape index (κ3) is 5.35. The molecule has 25 heavy (non-hydrogen) atoms. The van der Waals surface area contributed by atoms with E-state index in [9.17, 15) is 22.8 Å². The van der Waals surface area contributed by atoms with Crippen LogP contribution in [0.1, 0.15) is 18.4 Å². The fourth-order valence-corrected chi connectivity index (χ4v) is 3.35. The molecule has 0 N–H and O–H groups in total. The fourth-order valence-electron chi connectivity index (χ4n) is 2.60. The first kappa shape index (κ1) is 19.6. The highest BCUT2D eigenvalue weighted by Crippen LogP contribution is 2.29. The second-order valence-electron chi connectivity index (χ2n) is 6.06. The lowest BCUT2D eigenvalue weighted by atomic mass is 9.95. The molecule has 1 aliphatic heterocycles. The highest BCUT2D eigenvalue weighted by molar-refractivity contribution is 7.99. The van der Waals surface area contributed by atoms with Gasteiger partial charge in [-0.15, -0.1) is 0 Å².